The zero-order valence-corrected chi connectivity index (χ0v) is 14.0. The van der Waals surface area contributed by atoms with E-state index in [0.29, 0.717) is 38.3 Å². The number of ether oxygens (including phenoxy) is 1. The number of aromatic nitrogens is 1. The first-order chi connectivity index (χ1) is 12.3. The second-order valence-electron chi connectivity index (χ2n) is 6.47. The van der Waals surface area contributed by atoms with Crippen molar-refractivity contribution < 1.29 is 9.53 Å². The van der Waals surface area contributed by atoms with Crippen molar-refractivity contribution in [1.82, 2.24) is 9.88 Å². The number of nitriles is 1. The Hall–Kier alpha value is -2.65. The zero-order valence-electron chi connectivity index (χ0n) is 14.0. The normalized spacial score (nSPS) is 20.7. The van der Waals surface area contributed by atoms with E-state index in [4.69, 9.17) is 9.72 Å². The van der Waals surface area contributed by atoms with Gasteiger partial charge in [-0.25, -0.2) is 4.98 Å². The average Bonchev–Trinajstić information content (AvgIpc) is 3.21. The van der Waals surface area contributed by atoms with Gasteiger partial charge in [-0.3, -0.25) is 4.79 Å². The summed E-state index contributed by atoms with van der Waals surface area (Å²) in [6.07, 6.45) is 1.54. The average molecular weight is 336 g/mol. The van der Waals surface area contributed by atoms with Gasteiger partial charge in [0.1, 0.15) is 11.9 Å². The Kier molecular flexibility index (Phi) is 4.24. The first-order valence-electron chi connectivity index (χ1n) is 8.71. The summed E-state index contributed by atoms with van der Waals surface area (Å²) >= 11 is 0. The van der Waals surface area contributed by atoms with Gasteiger partial charge in [0.25, 0.3) is 5.91 Å². The highest BCUT2D eigenvalue weighted by atomic mass is 16.5. The fourth-order valence-corrected chi connectivity index (χ4v) is 3.55. The fourth-order valence-electron chi connectivity index (χ4n) is 3.55. The molecule has 2 aliphatic rings. The molecule has 0 bridgehead atoms. The van der Waals surface area contributed by atoms with Crippen LogP contribution in [-0.2, 0) is 9.53 Å². The van der Waals surface area contributed by atoms with Crippen molar-refractivity contribution in [3.8, 4) is 6.07 Å². The number of amides is 1. The van der Waals surface area contributed by atoms with E-state index < -0.39 is 0 Å². The smallest absolute Gasteiger partial charge is 0.251 e. The molecule has 0 radical (unpaired) electrons. The monoisotopic (exact) mass is 336 g/mol. The zero-order chi connectivity index (χ0) is 17.2. The Morgan fingerprint density at radius 1 is 1.24 bits per heavy atom. The van der Waals surface area contributed by atoms with Crippen molar-refractivity contribution in [2.45, 2.75) is 18.9 Å². The van der Waals surface area contributed by atoms with E-state index in [1.165, 1.54) is 0 Å². The van der Waals surface area contributed by atoms with Crippen LogP contribution in [0.3, 0.4) is 0 Å². The van der Waals surface area contributed by atoms with Crippen LogP contribution in [0.4, 0.5) is 5.82 Å². The highest BCUT2D eigenvalue weighted by Gasteiger charge is 2.30. The second-order valence-corrected chi connectivity index (χ2v) is 6.47. The standard InChI is InChI=1S/C19H20N4O2/c20-13-14-12-18(21-16-5-2-1-4-15(14)16)22-7-9-23(10-8-22)19(24)17-6-3-11-25-17/h1-2,4-5,12,17H,3,6-11H2/t17-/m1/s1. The van der Waals surface area contributed by atoms with Gasteiger partial charge >= 0.3 is 0 Å². The van der Waals surface area contributed by atoms with Gasteiger partial charge in [0.05, 0.1) is 17.1 Å². The van der Waals surface area contributed by atoms with Crippen LogP contribution in [0.25, 0.3) is 10.9 Å². The fraction of sp³-hybridized carbons (Fsp3) is 0.421. The highest BCUT2D eigenvalue weighted by molar-refractivity contribution is 5.86. The number of piperazine rings is 1. The third-order valence-corrected chi connectivity index (χ3v) is 4.94. The summed E-state index contributed by atoms with van der Waals surface area (Å²) in [7, 11) is 0. The van der Waals surface area contributed by atoms with Crippen LogP contribution in [0, 0.1) is 11.3 Å². The minimum atomic E-state index is -0.254. The van der Waals surface area contributed by atoms with E-state index in [-0.39, 0.29) is 12.0 Å². The molecule has 2 saturated heterocycles. The Balaban J connectivity index is 1.50. The van der Waals surface area contributed by atoms with Gasteiger partial charge in [-0.05, 0) is 25.0 Å². The summed E-state index contributed by atoms with van der Waals surface area (Å²) in [5.74, 6) is 0.917. The Bertz CT molecular complexity index is 831. The number of nitrogens with zero attached hydrogens (tertiary/aromatic N) is 4. The predicted octanol–water partition coefficient (Wildman–Crippen LogP) is 1.93. The lowest BCUT2D eigenvalue weighted by Crippen LogP contribution is -2.51. The number of hydrogen-bond acceptors (Lipinski definition) is 5. The third-order valence-electron chi connectivity index (χ3n) is 4.94. The number of carbonyl (C=O) groups excluding carboxylic acids is 1. The van der Waals surface area contributed by atoms with Crippen LogP contribution in [0.1, 0.15) is 18.4 Å². The van der Waals surface area contributed by atoms with Crippen LogP contribution >= 0.6 is 0 Å². The predicted molar refractivity (Wildman–Crippen MR) is 94.2 cm³/mol. The summed E-state index contributed by atoms with van der Waals surface area (Å²) in [6, 6.07) is 11.8. The maximum atomic E-state index is 12.4. The van der Waals surface area contributed by atoms with Gasteiger partial charge in [-0.15, -0.1) is 0 Å². The van der Waals surface area contributed by atoms with E-state index >= 15 is 0 Å². The summed E-state index contributed by atoms with van der Waals surface area (Å²) < 4.78 is 5.50. The first-order valence-corrected chi connectivity index (χ1v) is 8.71. The molecule has 128 valence electrons. The van der Waals surface area contributed by atoms with Crippen LogP contribution in [-0.4, -0.2) is 54.7 Å². The SMILES string of the molecule is N#Cc1cc(N2CCN(C(=O)[C@H]3CCCO3)CC2)nc2ccccc12. The lowest BCUT2D eigenvalue weighted by atomic mass is 10.1. The van der Waals surface area contributed by atoms with Crippen molar-refractivity contribution >= 4 is 22.6 Å². The Labute approximate surface area is 146 Å². The minimum Gasteiger partial charge on any atom is -0.368 e. The summed E-state index contributed by atoms with van der Waals surface area (Å²) in [6.45, 7) is 3.45. The van der Waals surface area contributed by atoms with Gasteiger partial charge in [-0.2, -0.15) is 5.26 Å². The number of para-hydroxylation sites is 1. The van der Waals surface area contributed by atoms with E-state index in [1.807, 2.05) is 35.2 Å². The van der Waals surface area contributed by atoms with Gasteiger partial charge in [0.2, 0.25) is 0 Å². The highest BCUT2D eigenvalue weighted by Crippen LogP contribution is 2.24. The van der Waals surface area contributed by atoms with Crippen molar-refractivity contribution in [2.24, 2.45) is 0 Å². The lowest BCUT2D eigenvalue weighted by Gasteiger charge is -2.36. The number of hydrogen-bond donors (Lipinski definition) is 0. The summed E-state index contributed by atoms with van der Waals surface area (Å²) in [4.78, 5) is 21.2. The van der Waals surface area contributed by atoms with E-state index in [1.54, 1.807) is 0 Å². The number of benzene rings is 1. The molecule has 3 heterocycles. The molecular weight excluding hydrogens is 316 g/mol. The molecular formula is C19H20N4O2. The topological polar surface area (TPSA) is 69.5 Å². The molecule has 1 aromatic heterocycles. The van der Waals surface area contributed by atoms with Gasteiger partial charge in [0.15, 0.2) is 0 Å². The molecule has 4 rings (SSSR count). The van der Waals surface area contributed by atoms with Gasteiger partial charge < -0.3 is 14.5 Å². The van der Waals surface area contributed by atoms with Crippen LogP contribution in [0.2, 0.25) is 0 Å². The molecule has 1 amide bonds. The van der Waals surface area contributed by atoms with Gasteiger partial charge in [-0.1, -0.05) is 18.2 Å². The number of anilines is 1. The molecule has 1 aromatic carbocycles. The molecule has 6 heteroatoms. The van der Waals surface area contributed by atoms with Crippen molar-refractivity contribution in [1.29, 1.82) is 5.26 Å². The largest absolute Gasteiger partial charge is 0.368 e. The minimum absolute atomic E-state index is 0.112. The number of fused-ring (bicyclic) bond motifs is 1. The maximum Gasteiger partial charge on any atom is 0.251 e. The molecule has 0 saturated carbocycles. The molecule has 0 aliphatic carbocycles. The molecule has 1 atom stereocenters. The molecule has 0 unspecified atom stereocenters. The third kappa shape index (κ3) is 3.03. The molecule has 25 heavy (non-hydrogen) atoms. The molecule has 6 nitrogen and oxygen atoms in total. The molecule has 2 aliphatic heterocycles. The number of carbonyl (C=O) groups is 1. The Morgan fingerprint density at radius 3 is 2.76 bits per heavy atom. The maximum absolute atomic E-state index is 12.4. The summed E-state index contributed by atoms with van der Waals surface area (Å²) in [5.41, 5.74) is 1.47. The van der Waals surface area contributed by atoms with Crippen LogP contribution in [0.5, 0.6) is 0 Å². The Morgan fingerprint density at radius 2 is 2.04 bits per heavy atom. The van der Waals surface area contributed by atoms with E-state index in [2.05, 4.69) is 11.0 Å². The van der Waals surface area contributed by atoms with Gasteiger partial charge in [0, 0.05) is 38.2 Å². The van der Waals surface area contributed by atoms with Crippen molar-refractivity contribution in [2.75, 3.05) is 37.7 Å². The first kappa shape index (κ1) is 15.9. The van der Waals surface area contributed by atoms with E-state index in [0.717, 1.165) is 29.6 Å². The lowest BCUT2D eigenvalue weighted by molar-refractivity contribution is -0.141. The second kappa shape index (κ2) is 6.69. The van der Waals surface area contributed by atoms with E-state index in [9.17, 15) is 10.1 Å². The molecule has 0 N–H and O–H groups in total. The number of rotatable bonds is 2. The van der Waals surface area contributed by atoms with Crippen LogP contribution in [0.15, 0.2) is 30.3 Å². The van der Waals surface area contributed by atoms with Crippen molar-refractivity contribution in [3.05, 3.63) is 35.9 Å². The quantitative estimate of drug-likeness (QED) is 0.838. The molecule has 0 spiro atoms. The molecule has 2 fully saturated rings. The number of pyridine rings is 1. The molecule has 2 aromatic rings. The van der Waals surface area contributed by atoms with Crippen LogP contribution < -0.4 is 4.90 Å². The summed E-state index contributed by atoms with van der Waals surface area (Å²) in [5, 5.41) is 10.3. The van der Waals surface area contributed by atoms with Crippen molar-refractivity contribution in [3.63, 3.8) is 0 Å².